The summed E-state index contributed by atoms with van der Waals surface area (Å²) in [7, 11) is 0. The van der Waals surface area contributed by atoms with Crippen molar-refractivity contribution in [3.8, 4) is 5.75 Å². The van der Waals surface area contributed by atoms with Crippen LogP contribution in [0.5, 0.6) is 5.75 Å². The third-order valence-corrected chi connectivity index (χ3v) is 9.65. The molecule has 0 saturated heterocycles. The highest BCUT2D eigenvalue weighted by atomic mass is 16.5. The molecule has 0 aliphatic carbocycles. The summed E-state index contributed by atoms with van der Waals surface area (Å²) in [5.41, 5.74) is 7.07. The number of hydrogen-bond donors (Lipinski definition) is 2. The summed E-state index contributed by atoms with van der Waals surface area (Å²) in [5, 5.41) is 2.93. The van der Waals surface area contributed by atoms with Crippen LogP contribution in [0.1, 0.15) is 168 Å². The Hall–Kier alpha value is -3.18. The number of nitrogens with zero attached hydrogens (tertiary/aromatic N) is 2. The molecule has 55 heavy (non-hydrogen) atoms. The highest BCUT2D eigenvalue weighted by molar-refractivity contribution is 5.82. The number of unbranched alkanes of at least 4 members (excludes halogenated alkanes) is 13. The summed E-state index contributed by atoms with van der Waals surface area (Å²) in [5.74, 6) is -0.486. The Morgan fingerprint density at radius 2 is 1.18 bits per heavy atom. The standard InChI is InChI=1S/C44H78N4O7/c1-6-11-16-17-18-19-20-21-22-23-28-54-39-30-37(32-46-42(50)35-53-36-43(51)47(25-13-8-3)26-14-9-4)29-38(31-39)33-48(27-15-10-5)44(52)40(24-12-7-2)55-34-41(45)49/h29-31,40H,6-28,32-36H2,1-5H3,(H2,45,49)(H,46,50). The molecule has 0 fully saturated rings. The van der Waals surface area contributed by atoms with E-state index >= 15 is 0 Å². The van der Waals surface area contributed by atoms with Gasteiger partial charge in [-0.25, -0.2) is 0 Å². The molecule has 0 aromatic heterocycles. The first-order valence-corrected chi connectivity index (χ1v) is 21.7. The number of ether oxygens (including phenoxy) is 3. The monoisotopic (exact) mass is 775 g/mol. The van der Waals surface area contributed by atoms with Gasteiger partial charge in [-0.05, 0) is 55.4 Å². The summed E-state index contributed by atoms with van der Waals surface area (Å²) in [6.07, 6.45) is 19.5. The Kier molecular flexibility index (Phi) is 29.9. The molecule has 1 rings (SSSR count). The topological polar surface area (TPSA) is 140 Å². The minimum Gasteiger partial charge on any atom is -0.494 e. The fourth-order valence-corrected chi connectivity index (χ4v) is 6.31. The molecule has 0 spiro atoms. The highest BCUT2D eigenvalue weighted by Gasteiger charge is 2.26. The number of rotatable bonds is 36. The van der Waals surface area contributed by atoms with E-state index in [1.165, 1.54) is 51.4 Å². The van der Waals surface area contributed by atoms with Gasteiger partial charge in [0, 0.05) is 32.7 Å². The number of primary amides is 1. The van der Waals surface area contributed by atoms with Gasteiger partial charge in [-0.15, -0.1) is 0 Å². The summed E-state index contributed by atoms with van der Waals surface area (Å²) in [6.45, 7) is 13.0. The zero-order chi connectivity index (χ0) is 40.5. The van der Waals surface area contributed by atoms with E-state index in [4.69, 9.17) is 19.9 Å². The lowest BCUT2D eigenvalue weighted by Gasteiger charge is -2.28. The third kappa shape index (κ3) is 24.8. The number of amides is 4. The summed E-state index contributed by atoms with van der Waals surface area (Å²) in [6, 6.07) is 5.88. The van der Waals surface area contributed by atoms with Crippen LogP contribution in [-0.4, -0.2) is 85.6 Å². The number of nitrogens with one attached hydrogen (secondary N) is 1. The second-order valence-electron chi connectivity index (χ2n) is 14.9. The van der Waals surface area contributed by atoms with Gasteiger partial charge in [0.05, 0.1) is 6.61 Å². The largest absolute Gasteiger partial charge is 0.494 e. The van der Waals surface area contributed by atoms with Crippen molar-refractivity contribution < 1.29 is 33.4 Å². The van der Waals surface area contributed by atoms with Crippen LogP contribution in [-0.2, 0) is 41.7 Å². The van der Waals surface area contributed by atoms with Gasteiger partial charge in [-0.3, -0.25) is 19.2 Å². The molecule has 0 aliphatic rings. The SMILES string of the molecule is CCCCCCCCCCCCOc1cc(CNC(=O)COCC(=O)N(CCCC)CCCC)cc(CN(CCCC)C(=O)C(CCCC)OCC(N)=O)c1. The van der Waals surface area contributed by atoms with Crippen LogP contribution >= 0.6 is 0 Å². The number of benzene rings is 1. The van der Waals surface area contributed by atoms with E-state index in [1.807, 2.05) is 30.0 Å². The molecule has 3 N–H and O–H groups in total. The summed E-state index contributed by atoms with van der Waals surface area (Å²) >= 11 is 0. The van der Waals surface area contributed by atoms with Crippen molar-refractivity contribution in [2.75, 3.05) is 46.1 Å². The molecule has 316 valence electrons. The molecule has 1 aromatic rings. The predicted octanol–water partition coefficient (Wildman–Crippen LogP) is 8.24. The number of hydrogen-bond acceptors (Lipinski definition) is 7. The Morgan fingerprint density at radius 1 is 0.636 bits per heavy atom. The summed E-state index contributed by atoms with van der Waals surface area (Å²) in [4.78, 5) is 54.6. The molecular formula is C44H78N4O7. The van der Waals surface area contributed by atoms with Crippen molar-refractivity contribution in [3.05, 3.63) is 29.3 Å². The third-order valence-electron chi connectivity index (χ3n) is 9.65. The van der Waals surface area contributed by atoms with Gasteiger partial charge in [0.25, 0.3) is 5.91 Å². The Labute approximate surface area is 334 Å². The van der Waals surface area contributed by atoms with Crippen LogP contribution < -0.4 is 15.8 Å². The van der Waals surface area contributed by atoms with Crippen molar-refractivity contribution in [2.24, 2.45) is 5.73 Å². The van der Waals surface area contributed by atoms with E-state index in [0.717, 1.165) is 75.3 Å². The van der Waals surface area contributed by atoms with Crippen molar-refractivity contribution in [3.63, 3.8) is 0 Å². The molecule has 0 heterocycles. The smallest absolute Gasteiger partial charge is 0.252 e. The molecule has 0 radical (unpaired) electrons. The molecule has 1 unspecified atom stereocenters. The van der Waals surface area contributed by atoms with Gasteiger partial charge in [0.15, 0.2) is 0 Å². The van der Waals surface area contributed by atoms with Crippen molar-refractivity contribution >= 4 is 23.6 Å². The van der Waals surface area contributed by atoms with Crippen molar-refractivity contribution in [2.45, 2.75) is 176 Å². The predicted molar refractivity (Wildman–Crippen MR) is 222 cm³/mol. The second kappa shape index (κ2) is 33.0. The molecule has 1 aromatic carbocycles. The second-order valence-corrected chi connectivity index (χ2v) is 14.9. The Balaban J connectivity index is 3.01. The van der Waals surface area contributed by atoms with Crippen molar-refractivity contribution in [1.82, 2.24) is 15.1 Å². The van der Waals surface area contributed by atoms with Crippen LogP contribution in [0.3, 0.4) is 0 Å². The van der Waals surface area contributed by atoms with Gasteiger partial charge in [-0.2, -0.15) is 0 Å². The van der Waals surface area contributed by atoms with E-state index in [0.29, 0.717) is 45.0 Å². The lowest BCUT2D eigenvalue weighted by atomic mass is 10.1. The zero-order valence-electron chi connectivity index (χ0n) is 35.4. The first kappa shape index (κ1) is 49.8. The fourth-order valence-electron chi connectivity index (χ4n) is 6.31. The average Bonchev–Trinajstić information content (AvgIpc) is 3.17. The number of carbonyl (C=O) groups excluding carboxylic acids is 4. The number of carbonyl (C=O) groups is 4. The normalized spacial score (nSPS) is 11.7. The van der Waals surface area contributed by atoms with Gasteiger partial charge in [0.2, 0.25) is 17.7 Å². The van der Waals surface area contributed by atoms with Crippen LogP contribution in [0.4, 0.5) is 0 Å². The molecule has 11 nitrogen and oxygen atoms in total. The molecular weight excluding hydrogens is 697 g/mol. The van der Waals surface area contributed by atoms with E-state index < -0.39 is 12.0 Å². The van der Waals surface area contributed by atoms with E-state index in [2.05, 4.69) is 33.0 Å². The fraction of sp³-hybridized carbons (Fsp3) is 0.773. The van der Waals surface area contributed by atoms with Gasteiger partial charge < -0.3 is 35.1 Å². The Morgan fingerprint density at radius 3 is 1.76 bits per heavy atom. The van der Waals surface area contributed by atoms with Crippen LogP contribution in [0, 0.1) is 0 Å². The first-order valence-electron chi connectivity index (χ1n) is 21.7. The maximum atomic E-state index is 13.9. The molecule has 11 heteroatoms. The van der Waals surface area contributed by atoms with E-state index in [1.54, 1.807) is 4.90 Å². The summed E-state index contributed by atoms with van der Waals surface area (Å²) < 4.78 is 17.5. The van der Waals surface area contributed by atoms with Gasteiger partial charge in [0.1, 0.15) is 31.7 Å². The maximum Gasteiger partial charge on any atom is 0.252 e. The highest BCUT2D eigenvalue weighted by Crippen LogP contribution is 2.22. The van der Waals surface area contributed by atoms with Crippen LogP contribution in [0.2, 0.25) is 0 Å². The van der Waals surface area contributed by atoms with Gasteiger partial charge >= 0.3 is 0 Å². The minimum atomic E-state index is -0.754. The van der Waals surface area contributed by atoms with E-state index in [9.17, 15) is 19.2 Å². The zero-order valence-corrected chi connectivity index (χ0v) is 35.4. The maximum absolute atomic E-state index is 13.9. The molecule has 0 saturated carbocycles. The lowest BCUT2D eigenvalue weighted by molar-refractivity contribution is -0.147. The van der Waals surface area contributed by atoms with Crippen LogP contribution in [0.15, 0.2) is 18.2 Å². The molecule has 1 atom stereocenters. The molecule has 4 amide bonds. The van der Waals surface area contributed by atoms with Crippen LogP contribution in [0.25, 0.3) is 0 Å². The van der Waals surface area contributed by atoms with E-state index in [-0.39, 0.29) is 44.1 Å². The molecule has 0 aliphatic heterocycles. The quantitative estimate of drug-likeness (QED) is 0.0655. The molecule has 0 bridgehead atoms. The minimum absolute atomic E-state index is 0.0919. The first-order chi connectivity index (χ1) is 26.7. The van der Waals surface area contributed by atoms with Gasteiger partial charge in [-0.1, -0.05) is 131 Å². The Bertz CT molecular complexity index is 1170. The van der Waals surface area contributed by atoms with Crippen molar-refractivity contribution in [1.29, 1.82) is 0 Å². The lowest BCUT2D eigenvalue weighted by Crippen LogP contribution is -2.42. The number of nitrogens with two attached hydrogens (primary N) is 1. The average molecular weight is 775 g/mol.